The highest BCUT2D eigenvalue weighted by Gasteiger charge is 2.10. The van der Waals surface area contributed by atoms with Gasteiger partial charge in [-0.3, -0.25) is 4.79 Å². The minimum Gasteiger partial charge on any atom is -0.391 e. The Balaban J connectivity index is 2.19. The molecule has 0 aromatic heterocycles. The first kappa shape index (κ1) is 17.0. The zero-order valence-corrected chi connectivity index (χ0v) is 12.4. The molecule has 3 amide bonds. The monoisotopic (exact) mass is 293 g/mol. The van der Waals surface area contributed by atoms with Crippen molar-refractivity contribution in [1.82, 2.24) is 10.6 Å². The number of anilines is 1. The number of rotatable bonds is 7. The van der Waals surface area contributed by atoms with Gasteiger partial charge < -0.3 is 21.1 Å². The number of nitrogens with one attached hydrogen (secondary N) is 3. The van der Waals surface area contributed by atoms with Crippen molar-refractivity contribution in [2.24, 2.45) is 5.92 Å². The summed E-state index contributed by atoms with van der Waals surface area (Å²) in [6.45, 7) is 4.06. The van der Waals surface area contributed by atoms with Crippen LogP contribution in [0.2, 0.25) is 0 Å². The van der Waals surface area contributed by atoms with E-state index in [1.165, 1.54) is 0 Å². The Bertz CT molecular complexity index is 449. The zero-order chi connectivity index (χ0) is 15.7. The van der Waals surface area contributed by atoms with E-state index in [0.717, 1.165) is 0 Å². The highest BCUT2D eigenvalue weighted by atomic mass is 16.3. The van der Waals surface area contributed by atoms with E-state index < -0.39 is 12.1 Å². The van der Waals surface area contributed by atoms with Gasteiger partial charge in [-0.15, -0.1) is 0 Å². The SMILES string of the molecule is CC(C)CC(O)CNC(=O)CNC(=O)Nc1ccccc1. The first-order chi connectivity index (χ1) is 9.97. The summed E-state index contributed by atoms with van der Waals surface area (Å²) in [6.07, 6.45) is 0.0643. The average molecular weight is 293 g/mol. The number of urea groups is 1. The molecule has 0 saturated carbocycles. The summed E-state index contributed by atoms with van der Waals surface area (Å²) >= 11 is 0. The van der Waals surface area contributed by atoms with E-state index in [4.69, 9.17) is 0 Å². The van der Waals surface area contributed by atoms with Crippen LogP contribution in [0, 0.1) is 5.92 Å². The first-order valence-corrected chi connectivity index (χ1v) is 7.02. The number of carbonyl (C=O) groups excluding carboxylic acids is 2. The van der Waals surface area contributed by atoms with Gasteiger partial charge in [-0.05, 0) is 24.5 Å². The van der Waals surface area contributed by atoms with Crippen molar-refractivity contribution in [1.29, 1.82) is 0 Å². The van der Waals surface area contributed by atoms with E-state index in [-0.39, 0.29) is 19.0 Å². The fraction of sp³-hybridized carbons (Fsp3) is 0.467. The molecule has 0 spiro atoms. The molecular weight excluding hydrogens is 270 g/mol. The second-order valence-corrected chi connectivity index (χ2v) is 5.26. The van der Waals surface area contributed by atoms with Crippen molar-refractivity contribution in [2.75, 3.05) is 18.4 Å². The van der Waals surface area contributed by atoms with Crippen molar-refractivity contribution < 1.29 is 14.7 Å². The molecule has 4 N–H and O–H groups in total. The van der Waals surface area contributed by atoms with E-state index in [1.54, 1.807) is 24.3 Å². The van der Waals surface area contributed by atoms with Crippen LogP contribution in [0.4, 0.5) is 10.5 Å². The van der Waals surface area contributed by atoms with Crippen molar-refractivity contribution in [2.45, 2.75) is 26.4 Å². The molecule has 116 valence electrons. The summed E-state index contributed by atoms with van der Waals surface area (Å²) in [5.74, 6) is 0.0349. The van der Waals surface area contributed by atoms with Gasteiger partial charge in [0, 0.05) is 12.2 Å². The minimum absolute atomic E-state index is 0.132. The zero-order valence-electron chi connectivity index (χ0n) is 12.4. The van der Waals surface area contributed by atoms with Gasteiger partial charge in [0.1, 0.15) is 0 Å². The molecule has 1 atom stereocenters. The van der Waals surface area contributed by atoms with Gasteiger partial charge in [-0.25, -0.2) is 4.79 Å². The Morgan fingerprint density at radius 2 is 1.81 bits per heavy atom. The number of aliphatic hydroxyl groups is 1. The standard InChI is InChI=1S/C15H23N3O3/c1-11(2)8-13(19)9-16-14(20)10-17-15(21)18-12-6-4-3-5-7-12/h3-7,11,13,19H,8-10H2,1-2H3,(H,16,20)(H2,17,18,21). The third kappa shape index (κ3) is 7.94. The van der Waals surface area contributed by atoms with Crippen LogP contribution in [-0.4, -0.2) is 36.2 Å². The first-order valence-electron chi connectivity index (χ1n) is 7.02. The van der Waals surface area contributed by atoms with Crippen molar-refractivity contribution in [3.8, 4) is 0 Å². The van der Waals surface area contributed by atoms with E-state index in [1.807, 2.05) is 19.9 Å². The third-order valence-corrected chi connectivity index (χ3v) is 2.72. The number of hydrogen-bond acceptors (Lipinski definition) is 3. The lowest BCUT2D eigenvalue weighted by molar-refractivity contribution is -0.120. The molecule has 0 saturated heterocycles. The molecule has 0 aliphatic rings. The van der Waals surface area contributed by atoms with Gasteiger partial charge in [-0.2, -0.15) is 0 Å². The summed E-state index contributed by atoms with van der Waals surface area (Å²) in [7, 11) is 0. The molecule has 21 heavy (non-hydrogen) atoms. The highest BCUT2D eigenvalue weighted by Crippen LogP contribution is 2.04. The maximum Gasteiger partial charge on any atom is 0.319 e. The number of aliphatic hydroxyl groups excluding tert-OH is 1. The molecule has 1 aromatic rings. The lowest BCUT2D eigenvalue weighted by atomic mass is 10.1. The lowest BCUT2D eigenvalue weighted by Gasteiger charge is -2.14. The minimum atomic E-state index is -0.563. The number of hydrogen-bond donors (Lipinski definition) is 4. The topological polar surface area (TPSA) is 90.5 Å². The number of benzene rings is 1. The largest absolute Gasteiger partial charge is 0.391 e. The second kappa shape index (κ2) is 8.97. The van der Waals surface area contributed by atoms with Gasteiger partial charge in [0.25, 0.3) is 0 Å². The van der Waals surface area contributed by atoms with Crippen LogP contribution in [0.25, 0.3) is 0 Å². The molecule has 0 aliphatic heterocycles. The van der Waals surface area contributed by atoms with Crippen molar-refractivity contribution in [3.63, 3.8) is 0 Å². The van der Waals surface area contributed by atoms with Crippen LogP contribution >= 0.6 is 0 Å². The summed E-state index contributed by atoms with van der Waals surface area (Å²) in [6, 6.07) is 8.51. The fourth-order valence-corrected chi connectivity index (χ4v) is 1.78. The Morgan fingerprint density at radius 1 is 1.14 bits per heavy atom. The van der Waals surface area contributed by atoms with Crippen LogP contribution in [0.5, 0.6) is 0 Å². The Kier molecular flexibility index (Phi) is 7.25. The number of para-hydroxylation sites is 1. The average Bonchev–Trinajstić information content (AvgIpc) is 2.43. The molecule has 1 aromatic carbocycles. The van der Waals surface area contributed by atoms with Gasteiger partial charge in [-0.1, -0.05) is 32.0 Å². The summed E-state index contributed by atoms with van der Waals surface area (Å²) in [5, 5.41) is 17.3. The van der Waals surface area contributed by atoms with Crippen LogP contribution < -0.4 is 16.0 Å². The highest BCUT2D eigenvalue weighted by molar-refractivity contribution is 5.92. The molecule has 0 heterocycles. The van der Waals surface area contributed by atoms with Crippen LogP contribution in [0.1, 0.15) is 20.3 Å². The summed E-state index contributed by atoms with van der Waals surface area (Å²) in [5.41, 5.74) is 0.655. The maximum absolute atomic E-state index is 11.5. The number of amides is 3. The molecule has 0 aliphatic carbocycles. The Hall–Kier alpha value is -2.08. The van der Waals surface area contributed by atoms with E-state index in [0.29, 0.717) is 18.0 Å². The van der Waals surface area contributed by atoms with E-state index >= 15 is 0 Å². The summed E-state index contributed by atoms with van der Waals surface area (Å²) < 4.78 is 0. The molecule has 0 bridgehead atoms. The summed E-state index contributed by atoms with van der Waals surface area (Å²) in [4.78, 5) is 23.1. The van der Waals surface area contributed by atoms with E-state index in [9.17, 15) is 14.7 Å². The van der Waals surface area contributed by atoms with Crippen molar-refractivity contribution in [3.05, 3.63) is 30.3 Å². The molecule has 0 radical (unpaired) electrons. The smallest absolute Gasteiger partial charge is 0.319 e. The van der Waals surface area contributed by atoms with Gasteiger partial charge in [0.2, 0.25) is 5.91 Å². The predicted molar refractivity (Wildman–Crippen MR) is 81.9 cm³/mol. The second-order valence-electron chi connectivity index (χ2n) is 5.26. The van der Waals surface area contributed by atoms with Gasteiger partial charge in [0.15, 0.2) is 0 Å². The maximum atomic E-state index is 11.5. The predicted octanol–water partition coefficient (Wildman–Crippen LogP) is 1.33. The Morgan fingerprint density at radius 3 is 2.43 bits per heavy atom. The van der Waals surface area contributed by atoms with Crippen LogP contribution in [0.3, 0.4) is 0 Å². The van der Waals surface area contributed by atoms with Crippen molar-refractivity contribution >= 4 is 17.6 Å². The molecule has 6 heteroatoms. The van der Waals surface area contributed by atoms with Gasteiger partial charge in [0.05, 0.1) is 12.6 Å². The van der Waals surface area contributed by atoms with Crippen LogP contribution in [0.15, 0.2) is 30.3 Å². The Labute approximate surface area is 124 Å². The lowest BCUT2D eigenvalue weighted by Crippen LogP contribution is -2.41. The van der Waals surface area contributed by atoms with E-state index in [2.05, 4.69) is 16.0 Å². The van der Waals surface area contributed by atoms with Gasteiger partial charge >= 0.3 is 6.03 Å². The molecule has 1 unspecified atom stereocenters. The molecular formula is C15H23N3O3. The number of carbonyl (C=O) groups is 2. The molecule has 0 fully saturated rings. The van der Waals surface area contributed by atoms with Crippen LogP contribution in [-0.2, 0) is 4.79 Å². The molecule has 6 nitrogen and oxygen atoms in total. The third-order valence-electron chi connectivity index (χ3n) is 2.72. The normalized spacial score (nSPS) is 11.8. The molecule has 1 rings (SSSR count). The quantitative estimate of drug-likeness (QED) is 0.611. The fourth-order valence-electron chi connectivity index (χ4n) is 1.78.